The van der Waals surface area contributed by atoms with Gasteiger partial charge in [0.2, 0.25) is 0 Å². The summed E-state index contributed by atoms with van der Waals surface area (Å²) < 4.78 is 0. The number of hydrogen-bond donors (Lipinski definition) is 0. The molecule has 0 heterocycles. The van der Waals surface area contributed by atoms with Crippen molar-refractivity contribution in [2.45, 2.75) is 39.3 Å². The quantitative estimate of drug-likeness (QED) is 0.307. The maximum absolute atomic E-state index is 2.65. The summed E-state index contributed by atoms with van der Waals surface area (Å²) in [7, 11) is -1.71. The van der Waals surface area contributed by atoms with Gasteiger partial charge in [-0.15, -0.1) is 16.1 Å². The summed E-state index contributed by atoms with van der Waals surface area (Å²) >= 11 is 0. The predicted octanol–water partition coefficient (Wildman–Crippen LogP) is -3.05. The van der Waals surface area contributed by atoms with Crippen LogP contribution in [0, 0.1) is 5.67 Å². The molecule has 0 atom stereocenters. The van der Waals surface area contributed by atoms with Gasteiger partial charge < -0.3 is 5.67 Å². The minimum atomic E-state index is -0.856. The molecule has 0 amide bonds. The average molecular weight is 173 g/mol. The van der Waals surface area contributed by atoms with Gasteiger partial charge in [-0.2, -0.15) is 0 Å². The van der Waals surface area contributed by atoms with Gasteiger partial charge >= 0.3 is 37.7 Å². The Morgan fingerprint density at radius 3 is 0.818 bits per heavy atom. The molecule has 0 nitrogen and oxygen atoms in total. The van der Waals surface area contributed by atoms with E-state index in [4.69, 9.17) is 0 Å². The van der Waals surface area contributed by atoms with Crippen LogP contribution < -0.4 is 37.7 Å². The first-order valence-corrected chi connectivity index (χ1v) is 10.7. The van der Waals surface area contributed by atoms with Crippen LogP contribution in [0.4, 0.5) is 0 Å². The molecule has 0 spiro atoms. The fourth-order valence-electron chi connectivity index (χ4n) is 1.30. The molecule has 0 aliphatic carbocycles. The van der Waals surface area contributed by atoms with Gasteiger partial charge in [0.25, 0.3) is 0 Å². The monoisotopic (exact) mass is 173 g/mol. The van der Waals surface area contributed by atoms with Gasteiger partial charge in [0, 0.05) is 0 Å². The van der Waals surface area contributed by atoms with E-state index < -0.39 is 16.1 Å². The van der Waals surface area contributed by atoms with Crippen LogP contribution in [-0.2, 0) is 0 Å². The van der Waals surface area contributed by atoms with Gasteiger partial charge in [-0.1, -0.05) is 39.3 Å². The van der Waals surface area contributed by atoms with Crippen molar-refractivity contribution in [3.05, 3.63) is 5.67 Å². The Morgan fingerprint density at radius 1 is 0.636 bits per heavy atom. The van der Waals surface area contributed by atoms with Gasteiger partial charge in [0.1, 0.15) is 0 Å². The Balaban J connectivity index is -0.000000320. The summed E-state index contributed by atoms with van der Waals surface area (Å²) in [4.78, 5) is 0. The van der Waals surface area contributed by atoms with Crippen molar-refractivity contribution in [3.8, 4) is 0 Å². The van der Waals surface area contributed by atoms with Crippen molar-refractivity contribution < 1.29 is 37.7 Å². The maximum Gasteiger partial charge on any atom is 1.00 e. The third kappa shape index (κ3) is 18.5. The second-order valence-electron chi connectivity index (χ2n) is 4.88. The first kappa shape index (κ1) is 18.4. The summed E-state index contributed by atoms with van der Waals surface area (Å²) in [5.41, 5.74) is 2.65. The molecule has 0 fully saturated rings. The number of hydrogen-bond acceptors (Lipinski definition) is 0. The zero-order valence-corrected chi connectivity index (χ0v) is 11.6. The third-order valence-electron chi connectivity index (χ3n) is 0.866. The molecule has 0 aromatic heterocycles. The molecular formula is C7H19Li2Si2+. The van der Waals surface area contributed by atoms with Crippen LogP contribution >= 0.6 is 0 Å². The van der Waals surface area contributed by atoms with Gasteiger partial charge in [0.15, 0.2) is 0 Å². The van der Waals surface area contributed by atoms with Gasteiger partial charge in [0.05, 0.1) is 0 Å². The molecule has 0 N–H and O–H groups in total. The average Bonchev–Trinajstić information content (AvgIpc) is 1.14. The maximum atomic E-state index is 2.65. The predicted molar refractivity (Wildman–Crippen MR) is 51.0 cm³/mol. The van der Waals surface area contributed by atoms with Gasteiger partial charge in [-0.05, 0) is 0 Å². The van der Waals surface area contributed by atoms with Crippen molar-refractivity contribution >= 4 is 16.1 Å². The summed E-state index contributed by atoms with van der Waals surface area (Å²) in [6.07, 6.45) is 0. The van der Waals surface area contributed by atoms with Crippen LogP contribution in [0.1, 0.15) is 0 Å². The molecule has 0 bridgehead atoms. The molecule has 11 heavy (non-hydrogen) atoms. The van der Waals surface area contributed by atoms with E-state index in [-0.39, 0.29) is 37.7 Å². The molecule has 0 unspecified atom stereocenters. The Kier molecular flexibility index (Phi) is 10.3. The Morgan fingerprint density at radius 2 is 0.818 bits per heavy atom. The zero-order valence-electron chi connectivity index (χ0n) is 9.58. The normalized spacial score (nSPS) is 11.5. The fraction of sp³-hybridized carbons (Fsp3) is 0.857. The molecule has 4 heteroatoms. The van der Waals surface area contributed by atoms with E-state index in [0.717, 1.165) is 0 Å². The van der Waals surface area contributed by atoms with E-state index in [1.165, 1.54) is 0 Å². The second-order valence-corrected chi connectivity index (χ2v) is 15.5. The van der Waals surface area contributed by atoms with Crippen LogP contribution in [0.15, 0.2) is 0 Å². The van der Waals surface area contributed by atoms with Gasteiger partial charge in [-0.25, -0.2) is 0 Å². The van der Waals surface area contributed by atoms with Crippen LogP contribution in [-0.4, -0.2) is 16.1 Å². The van der Waals surface area contributed by atoms with Gasteiger partial charge in [-0.3, -0.25) is 0 Å². The number of rotatable bonds is 2. The van der Waals surface area contributed by atoms with E-state index in [1.54, 1.807) is 0 Å². The second kappa shape index (κ2) is 6.14. The standard InChI is InChI=1S/C7H19Si2.2Li/c1-8(2,3)7-9(4,5)6;;/h7H,1-6H3;;/q-1;2*+1. The van der Waals surface area contributed by atoms with Crippen LogP contribution in [0.25, 0.3) is 0 Å². The van der Waals surface area contributed by atoms with E-state index in [1.807, 2.05) is 0 Å². The molecule has 0 aromatic carbocycles. The molecule has 0 aliphatic rings. The molecular weight excluding hydrogens is 154 g/mol. The Hall–Kier alpha value is 1.63. The van der Waals surface area contributed by atoms with Crippen molar-refractivity contribution in [2.75, 3.05) is 0 Å². The minimum Gasteiger partial charge on any atom is -0.327 e. The fourth-order valence-corrected chi connectivity index (χ4v) is 11.7. The molecule has 0 rings (SSSR count). The molecule has 0 radical (unpaired) electrons. The first-order chi connectivity index (χ1) is 3.71. The summed E-state index contributed by atoms with van der Waals surface area (Å²) in [5.74, 6) is 0. The molecule has 56 valence electrons. The Bertz CT molecular complexity index is 79.6. The Labute approximate surface area is 98.3 Å². The van der Waals surface area contributed by atoms with Crippen molar-refractivity contribution in [1.29, 1.82) is 0 Å². The smallest absolute Gasteiger partial charge is 0.327 e. The topological polar surface area (TPSA) is 0 Å². The SMILES string of the molecule is C[Si](C)(C)[CH-][Si](C)(C)C.[Li+].[Li+]. The van der Waals surface area contributed by atoms with Crippen LogP contribution in [0.5, 0.6) is 0 Å². The summed E-state index contributed by atoms with van der Waals surface area (Å²) in [5, 5.41) is 0. The van der Waals surface area contributed by atoms with Crippen molar-refractivity contribution in [3.63, 3.8) is 0 Å². The van der Waals surface area contributed by atoms with E-state index in [2.05, 4.69) is 44.9 Å². The van der Waals surface area contributed by atoms with E-state index in [0.29, 0.717) is 0 Å². The molecule has 0 saturated heterocycles. The van der Waals surface area contributed by atoms with Crippen molar-refractivity contribution in [2.24, 2.45) is 0 Å². The summed E-state index contributed by atoms with van der Waals surface area (Å²) in [6.45, 7) is 14.4. The largest absolute Gasteiger partial charge is 1.00 e. The molecule has 0 saturated carbocycles. The third-order valence-corrected chi connectivity index (χ3v) is 7.79. The first-order valence-electron chi connectivity index (χ1n) is 3.58. The molecule has 0 aromatic rings. The van der Waals surface area contributed by atoms with E-state index >= 15 is 0 Å². The van der Waals surface area contributed by atoms with Crippen LogP contribution in [0.3, 0.4) is 0 Å². The van der Waals surface area contributed by atoms with E-state index in [9.17, 15) is 0 Å². The molecule has 0 aliphatic heterocycles. The zero-order chi connectivity index (χ0) is 7.71. The van der Waals surface area contributed by atoms with Crippen LogP contribution in [0.2, 0.25) is 39.3 Å². The summed E-state index contributed by atoms with van der Waals surface area (Å²) in [6, 6.07) is 0. The minimum absolute atomic E-state index is 0. The van der Waals surface area contributed by atoms with Crippen molar-refractivity contribution in [1.82, 2.24) is 0 Å².